The zero-order valence-corrected chi connectivity index (χ0v) is 10.5. The highest BCUT2D eigenvalue weighted by Crippen LogP contribution is 2.28. The Kier molecular flexibility index (Phi) is 4.60. The number of hydrogen-bond donors (Lipinski definition) is 1. The molecule has 17 heavy (non-hydrogen) atoms. The van der Waals surface area contributed by atoms with Crippen LogP contribution < -0.4 is 0 Å². The van der Waals surface area contributed by atoms with Crippen molar-refractivity contribution >= 4 is 5.97 Å². The average Bonchev–Trinajstić information content (AvgIpc) is 2.58. The van der Waals surface area contributed by atoms with Crippen LogP contribution in [0.15, 0.2) is 11.6 Å². The molecule has 1 saturated carbocycles. The lowest BCUT2D eigenvalue weighted by atomic mass is 9.89. The lowest BCUT2D eigenvalue weighted by Gasteiger charge is -2.34. The summed E-state index contributed by atoms with van der Waals surface area (Å²) in [4.78, 5) is 13.3. The maximum Gasteiger partial charge on any atom is 0.328 e. The molecule has 1 saturated heterocycles. The van der Waals surface area contributed by atoms with Crippen molar-refractivity contribution in [2.24, 2.45) is 0 Å². The zero-order chi connectivity index (χ0) is 12.1. The van der Waals surface area contributed by atoms with Gasteiger partial charge in [0.1, 0.15) is 0 Å². The van der Waals surface area contributed by atoms with Crippen molar-refractivity contribution in [2.45, 2.75) is 57.4 Å². The molecular weight excluding hydrogens is 214 g/mol. The Balaban J connectivity index is 1.83. The van der Waals surface area contributed by atoms with Crippen LogP contribution in [0.5, 0.6) is 0 Å². The summed E-state index contributed by atoms with van der Waals surface area (Å²) >= 11 is 0. The first-order valence-corrected chi connectivity index (χ1v) is 6.92. The molecule has 0 bridgehead atoms. The van der Waals surface area contributed by atoms with Gasteiger partial charge in [0.2, 0.25) is 0 Å². The van der Waals surface area contributed by atoms with E-state index in [1.165, 1.54) is 44.8 Å². The summed E-state index contributed by atoms with van der Waals surface area (Å²) in [6, 6.07) is 0.707. The fourth-order valence-electron chi connectivity index (χ4n) is 3.12. The van der Waals surface area contributed by atoms with E-state index in [0.29, 0.717) is 6.04 Å². The number of allylic oxidation sites excluding steroid dienone is 1. The molecule has 96 valence electrons. The Morgan fingerprint density at radius 3 is 2.24 bits per heavy atom. The average molecular weight is 237 g/mol. The molecule has 0 aromatic heterocycles. The highest BCUT2D eigenvalue weighted by molar-refractivity contribution is 5.80. The van der Waals surface area contributed by atoms with Crippen LogP contribution >= 0.6 is 0 Å². The van der Waals surface area contributed by atoms with E-state index >= 15 is 0 Å². The number of carbonyl (C=O) groups is 1. The maximum absolute atomic E-state index is 10.6. The van der Waals surface area contributed by atoms with E-state index in [-0.39, 0.29) is 0 Å². The molecule has 0 radical (unpaired) electrons. The van der Waals surface area contributed by atoms with E-state index in [1.807, 2.05) is 0 Å². The van der Waals surface area contributed by atoms with Crippen molar-refractivity contribution in [3.8, 4) is 0 Å². The number of nitrogens with zero attached hydrogens (tertiary/aromatic N) is 1. The third-order valence-corrected chi connectivity index (χ3v) is 4.08. The summed E-state index contributed by atoms with van der Waals surface area (Å²) in [5, 5.41) is 8.73. The van der Waals surface area contributed by atoms with Gasteiger partial charge in [-0.25, -0.2) is 4.79 Å². The fourth-order valence-corrected chi connectivity index (χ4v) is 3.12. The molecule has 3 nitrogen and oxygen atoms in total. The third-order valence-electron chi connectivity index (χ3n) is 4.08. The maximum atomic E-state index is 10.6. The number of aliphatic carboxylic acids is 1. The molecule has 2 aliphatic rings. The van der Waals surface area contributed by atoms with Gasteiger partial charge < -0.3 is 10.0 Å². The number of carboxylic acids is 1. The summed E-state index contributed by atoms with van der Waals surface area (Å²) in [5.74, 6) is -0.784. The van der Waals surface area contributed by atoms with E-state index in [2.05, 4.69) is 4.90 Å². The lowest BCUT2D eigenvalue weighted by Crippen LogP contribution is -2.37. The van der Waals surface area contributed by atoms with Crippen LogP contribution in [0.2, 0.25) is 0 Å². The molecule has 0 amide bonds. The van der Waals surface area contributed by atoms with Gasteiger partial charge in [0, 0.05) is 12.1 Å². The molecule has 1 N–H and O–H groups in total. The van der Waals surface area contributed by atoms with Crippen LogP contribution in [0.4, 0.5) is 0 Å². The molecule has 0 aromatic carbocycles. The topological polar surface area (TPSA) is 40.5 Å². The molecule has 0 spiro atoms. The largest absolute Gasteiger partial charge is 0.478 e. The monoisotopic (exact) mass is 237 g/mol. The van der Waals surface area contributed by atoms with Crippen molar-refractivity contribution in [1.82, 2.24) is 4.90 Å². The van der Waals surface area contributed by atoms with Crippen molar-refractivity contribution < 1.29 is 9.90 Å². The van der Waals surface area contributed by atoms with Gasteiger partial charge in [0.05, 0.1) is 0 Å². The second-order valence-corrected chi connectivity index (χ2v) is 5.32. The quantitative estimate of drug-likeness (QED) is 0.751. The standard InChI is InChI=1S/C14H23NO2/c16-14(17)11-12-5-7-13(8-6-12)15-9-3-1-2-4-10-15/h11,13H,1-10H2,(H,16,17). The second kappa shape index (κ2) is 6.20. The Morgan fingerprint density at radius 2 is 1.71 bits per heavy atom. The van der Waals surface area contributed by atoms with E-state index in [4.69, 9.17) is 5.11 Å². The van der Waals surface area contributed by atoms with E-state index in [1.54, 1.807) is 0 Å². The highest BCUT2D eigenvalue weighted by atomic mass is 16.4. The summed E-state index contributed by atoms with van der Waals surface area (Å²) < 4.78 is 0. The zero-order valence-electron chi connectivity index (χ0n) is 10.5. The highest BCUT2D eigenvalue weighted by Gasteiger charge is 2.23. The number of likely N-dealkylation sites (tertiary alicyclic amines) is 1. The smallest absolute Gasteiger partial charge is 0.328 e. The van der Waals surface area contributed by atoms with Crippen LogP contribution in [-0.4, -0.2) is 35.1 Å². The Bertz CT molecular complexity index is 281. The first-order chi connectivity index (χ1) is 8.25. The van der Waals surface area contributed by atoms with Crippen molar-refractivity contribution in [2.75, 3.05) is 13.1 Å². The van der Waals surface area contributed by atoms with Crippen LogP contribution in [0.25, 0.3) is 0 Å². The number of hydrogen-bond acceptors (Lipinski definition) is 2. The predicted molar refractivity (Wildman–Crippen MR) is 68.0 cm³/mol. The van der Waals surface area contributed by atoms with E-state index < -0.39 is 5.97 Å². The SMILES string of the molecule is O=C(O)C=C1CCC(N2CCCCCC2)CC1. The number of rotatable bonds is 2. The Labute approximate surface area is 103 Å². The van der Waals surface area contributed by atoms with Crippen LogP contribution in [0.3, 0.4) is 0 Å². The lowest BCUT2D eigenvalue weighted by molar-refractivity contribution is -0.131. The minimum Gasteiger partial charge on any atom is -0.478 e. The molecule has 2 rings (SSSR count). The molecule has 1 heterocycles. The van der Waals surface area contributed by atoms with Gasteiger partial charge in [0.25, 0.3) is 0 Å². The summed E-state index contributed by atoms with van der Waals surface area (Å²) in [7, 11) is 0. The van der Waals surface area contributed by atoms with Gasteiger partial charge in [0.15, 0.2) is 0 Å². The molecule has 3 heteroatoms. The summed E-state index contributed by atoms with van der Waals surface area (Å²) in [5.41, 5.74) is 1.13. The van der Waals surface area contributed by atoms with Gasteiger partial charge in [-0.2, -0.15) is 0 Å². The predicted octanol–water partition coefficient (Wildman–Crippen LogP) is 2.82. The van der Waals surface area contributed by atoms with Gasteiger partial charge in [-0.05, 0) is 51.6 Å². The minimum atomic E-state index is -0.784. The van der Waals surface area contributed by atoms with Gasteiger partial charge in [-0.15, -0.1) is 0 Å². The van der Waals surface area contributed by atoms with Crippen molar-refractivity contribution in [3.05, 3.63) is 11.6 Å². The van der Waals surface area contributed by atoms with Crippen LogP contribution in [0, 0.1) is 0 Å². The Hall–Kier alpha value is -0.830. The van der Waals surface area contributed by atoms with Gasteiger partial charge >= 0.3 is 5.97 Å². The van der Waals surface area contributed by atoms with Crippen LogP contribution in [0.1, 0.15) is 51.4 Å². The third kappa shape index (κ3) is 3.84. The first-order valence-electron chi connectivity index (χ1n) is 6.92. The number of carboxylic acid groups (broad SMARTS) is 1. The first kappa shape index (κ1) is 12.6. The molecular formula is C14H23NO2. The molecule has 1 aliphatic carbocycles. The molecule has 1 aliphatic heterocycles. The van der Waals surface area contributed by atoms with Crippen molar-refractivity contribution in [1.29, 1.82) is 0 Å². The normalized spacial score (nSPS) is 27.5. The molecule has 2 fully saturated rings. The summed E-state index contributed by atoms with van der Waals surface area (Å²) in [6.07, 6.45) is 11.1. The minimum absolute atomic E-state index is 0.707. The molecule has 0 aromatic rings. The second-order valence-electron chi connectivity index (χ2n) is 5.32. The van der Waals surface area contributed by atoms with Gasteiger partial charge in [-0.3, -0.25) is 0 Å². The van der Waals surface area contributed by atoms with E-state index in [0.717, 1.165) is 31.3 Å². The summed E-state index contributed by atoms with van der Waals surface area (Å²) in [6.45, 7) is 2.51. The van der Waals surface area contributed by atoms with Crippen molar-refractivity contribution in [3.63, 3.8) is 0 Å². The van der Waals surface area contributed by atoms with Crippen LogP contribution in [-0.2, 0) is 4.79 Å². The molecule has 0 atom stereocenters. The van der Waals surface area contributed by atoms with E-state index in [9.17, 15) is 4.79 Å². The Morgan fingerprint density at radius 1 is 1.12 bits per heavy atom. The fraction of sp³-hybridized carbons (Fsp3) is 0.786. The van der Waals surface area contributed by atoms with Gasteiger partial charge in [-0.1, -0.05) is 18.4 Å². The molecule has 0 unspecified atom stereocenters.